The van der Waals surface area contributed by atoms with Crippen LogP contribution in [0.2, 0.25) is 0 Å². The van der Waals surface area contributed by atoms with Crippen LogP contribution in [0.1, 0.15) is 57.6 Å². The Morgan fingerprint density at radius 1 is 0.680 bits per heavy atom. The summed E-state index contributed by atoms with van der Waals surface area (Å²) < 4.78 is 40.9. The van der Waals surface area contributed by atoms with Crippen LogP contribution >= 0.6 is 11.8 Å². The second-order valence-corrected chi connectivity index (χ2v) is 12.8. The van der Waals surface area contributed by atoms with E-state index in [0.717, 1.165) is 29.0 Å². The van der Waals surface area contributed by atoms with Crippen molar-refractivity contribution in [1.29, 1.82) is 0 Å². The lowest BCUT2D eigenvalue weighted by Crippen LogP contribution is -2.30. The van der Waals surface area contributed by atoms with Gasteiger partial charge in [0.1, 0.15) is 10.9 Å². The highest BCUT2D eigenvalue weighted by Crippen LogP contribution is 2.39. The standard InChI is InChI=1S/C40H34F3N3O3S/c1-26(2)28-19-17-27(18-20-28)25-35(46-37(47)30-13-7-4-8-14-30)38(48)44-31-21-23-32(24-22-31)50-36(29-11-5-3-6-12-29)39(49)45-34-16-10-9-15-33(34)40(41,42)43/h3-26,36H,1-2H3,(H,44,48)(H,45,49)(H,46,47)/b35-25-. The predicted molar refractivity (Wildman–Crippen MR) is 193 cm³/mol. The van der Waals surface area contributed by atoms with E-state index in [2.05, 4.69) is 29.8 Å². The van der Waals surface area contributed by atoms with Crippen LogP contribution in [0, 0.1) is 0 Å². The number of halogens is 3. The molecule has 0 heterocycles. The molecule has 1 atom stereocenters. The third kappa shape index (κ3) is 9.51. The van der Waals surface area contributed by atoms with Crippen LogP contribution in [0.5, 0.6) is 0 Å². The van der Waals surface area contributed by atoms with E-state index in [9.17, 15) is 27.6 Å². The summed E-state index contributed by atoms with van der Waals surface area (Å²) in [5.74, 6) is -1.29. The smallest absolute Gasteiger partial charge is 0.324 e. The highest BCUT2D eigenvalue weighted by Gasteiger charge is 2.34. The van der Waals surface area contributed by atoms with Crippen LogP contribution in [-0.2, 0) is 15.8 Å². The van der Waals surface area contributed by atoms with Crippen molar-refractivity contribution < 1.29 is 27.6 Å². The summed E-state index contributed by atoms with van der Waals surface area (Å²) >= 11 is 1.15. The zero-order valence-corrected chi connectivity index (χ0v) is 28.0. The molecule has 50 heavy (non-hydrogen) atoms. The van der Waals surface area contributed by atoms with Crippen molar-refractivity contribution >= 4 is 46.9 Å². The van der Waals surface area contributed by atoms with Gasteiger partial charge in [-0.1, -0.05) is 98.8 Å². The predicted octanol–water partition coefficient (Wildman–Crippen LogP) is 9.71. The first-order valence-corrected chi connectivity index (χ1v) is 16.6. The average Bonchev–Trinajstić information content (AvgIpc) is 3.11. The van der Waals surface area contributed by atoms with Gasteiger partial charge in [0, 0.05) is 16.1 Å². The Labute approximate surface area is 292 Å². The van der Waals surface area contributed by atoms with Gasteiger partial charge in [-0.05, 0) is 77.2 Å². The first-order chi connectivity index (χ1) is 24.0. The number of carbonyl (C=O) groups excluding carboxylic acids is 3. The molecule has 5 aromatic rings. The molecule has 0 aliphatic heterocycles. The van der Waals surface area contributed by atoms with Crippen molar-refractivity contribution in [3.05, 3.63) is 167 Å². The number of amides is 3. The van der Waals surface area contributed by atoms with Gasteiger partial charge in [0.15, 0.2) is 0 Å². The molecule has 0 spiro atoms. The van der Waals surface area contributed by atoms with Gasteiger partial charge in [-0.3, -0.25) is 14.4 Å². The van der Waals surface area contributed by atoms with Gasteiger partial charge in [-0.2, -0.15) is 13.2 Å². The SMILES string of the molecule is CC(C)c1ccc(/C=C(\NC(=O)c2ccccc2)C(=O)Nc2ccc(SC(C(=O)Nc3ccccc3C(F)(F)F)c3ccccc3)cc2)cc1. The van der Waals surface area contributed by atoms with Gasteiger partial charge in [-0.15, -0.1) is 11.8 Å². The lowest BCUT2D eigenvalue weighted by Gasteiger charge is -2.19. The van der Waals surface area contributed by atoms with Crippen LogP contribution in [0.15, 0.2) is 144 Å². The molecule has 0 aromatic heterocycles. The molecule has 3 amide bonds. The molecule has 0 bridgehead atoms. The normalized spacial score (nSPS) is 12.2. The molecule has 1 unspecified atom stereocenters. The van der Waals surface area contributed by atoms with Crippen LogP contribution in [0.25, 0.3) is 6.08 Å². The number of thioether (sulfide) groups is 1. The fourth-order valence-corrected chi connectivity index (χ4v) is 6.00. The van der Waals surface area contributed by atoms with E-state index in [1.165, 1.54) is 18.2 Å². The molecule has 5 rings (SSSR count). The Morgan fingerprint density at radius 2 is 1.28 bits per heavy atom. The number of hydrogen-bond donors (Lipinski definition) is 3. The minimum Gasteiger partial charge on any atom is -0.324 e. The third-order valence-corrected chi connectivity index (χ3v) is 8.91. The zero-order valence-electron chi connectivity index (χ0n) is 27.2. The second-order valence-electron chi connectivity index (χ2n) is 11.6. The summed E-state index contributed by atoms with van der Waals surface area (Å²) in [6, 6.07) is 36.5. The highest BCUT2D eigenvalue weighted by molar-refractivity contribution is 8.00. The number of nitrogens with one attached hydrogen (secondary N) is 3. The number of hydrogen-bond acceptors (Lipinski definition) is 4. The quantitative estimate of drug-likeness (QED) is 0.0950. The second kappa shape index (κ2) is 16.2. The number of para-hydroxylation sites is 1. The molecule has 0 radical (unpaired) electrons. The van der Waals surface area contributed by atoms with E-state index in [1.807, 2.05) is 24.3 Å². The van der Waals surface area contributed by atoms with Crippen molar-refractivity contribution in [3.63, 3.8) is 0 Å². The molecular formula is C40H34F3N3O3S. The molecule has 0 fully saturated rings. The monoisotopic (exact) mass is 693 g/mol. The number of anilines is 2. The Balaban J connectivity index is 1.35. The molecule has 0 saturated carbocycles. The Morgan fingerprint density at radius 3 is 1.90 bits per heavy atom. The maximum atomic E-state index is 13.6. The first-order valence-electron chi connectivity index (χ1n) is 15.8. The number of benzene rings is 5. The van der Waals surface area contributed by atoms with Crippen molar-refractivity contribution in [2.75, 3.05) is 10.6 Å². The largest absolute Gasteiger partial charge is 0.418 e. The molecule has 3 N–H and O–H groups in total. The van der Waals surface area contributed by atoms with E-state index < -0.39 is 34.7 Å². The topological polar surface area (TPSA) is 87.3 Å². The maximum Gasteiger partial charge on any atom is 0.418 e. The van der Waals surface area contributed by atoms with E-state index >= 15 is 0 Å². The summed E-state index contributed by atoms with van der Waals surface area (Å²) in [4.78, 5) is 40.7. The minimum atomic E-state index is -4.64. The fraction of sp³-hybridized carbons (Fsp3) is 0.125. The number of rotatable bonds is 11. The molecule has 0 aliphatic rings. The molecule has 0 aliphatic carbocycles. The van der Waals surface area contributed by atoms with E-state index in [-0.39, 0.29) is 11.4 Å². The molecule has 5 aromatic carbocycles. The lowest BCUT2D eigenvalue weighted by atomic mass is 10.0. The van der Waals surface area contributed by atoms with Crippen LogP contribution < -0.4 is 16.0 Å². The van der Waals surface area contributed by atoms with E-state index in [1.54, 1.807) is 91.0 Å². The minimum absolute atomic E-state index is 0.0366. The molecule has 6 nitrogen and oxygen atoms in total. The van der Waals surface area contributed by atoms with E-state index in [4.69, 9.17) is 0 Å². The average molecular weight is 694 g/mol. The molecular weight excluding hydrogens is 660 g/mol. The summed E-state index contributed by atoms with van der Waals surface area (Å²) in [6.07, 6.45) is -3.04. The van der Waals surface area contributed by atoms with Crippen molar-refractivity contribution in [3.8, 4) is 0 Å². The van der Waals surface area contributed by atoms with Gasteiger partial charge in [0.05, 0.1) is 11.3 Å². The van der Waals surface area contributed by atoms with Gasteiger partial charge in [-0.25, -0.2) is 0 Å². The Kier molecular flexibility index (Phi) is 11.6. The third-order valence-electron chi connectivity index (χ3n) is 7.64. The summed E-state index contributed by atoms with van der Waals surface area (Å²) in [6.45, 7) is 4.17. The molecule has 254 valence electrons. The van der Waals surface area contributed by atoms with Crippen molar-refractivity contribution in [1.82, 2.24) is 5.32 Å². The van der Waals surface area contributed by atoms with Gasteiger partial charge in [0.25, 0.3) is 11.8 Å². The number of alkyl halides is 3. The fourth-order valence-electron chi connectivity index (χ4n) is 4.98. The van der Waals surface area contributed by atoms with Gasteiger partial charge < -0.3 is 16.0 Å². The summed E-state index contributed by atoms with van der Waals surface area (Å²) in [7, 11) is 0. The van der Waals surface area contributed by atoms with Crippen LogP contribution in [-0.4, -0.2) is 17.7 Å². The van der Waals surface area contributed by atoms with Crippen molar-refractivity contribution in [2.24, 2.45) is 0 Å². The zero-order chi connectivity index (χ0) is 35.7. The first kappa shape index (κ1) is 35.7. The summed E-state index contributed by atoms with van der Waals surface area (Å²) in [5, 5.41) is 7.13. The van der Waals surface area contributed by atoms with E-state index in [0.29, 0.717) is 27.6 Å². The van der Waals surface area contributed by atoms with Crippen LogP contribution in [0.3, 0.4) is 0 Å². The number of carbonyl (C=O) groups is 3. The molecule has 0 saturated heterocycles. The summed E-state index contributed by atoms with van der Waals surface area (Å²) in [5.41, 5.74) is 2.04. The van der Waals surface area contributed by atoms with Gasteiger partial charge in [0.2, 0.25) is 5.91 Å². The highest BCUT2D eigenvalue weighted by atomic mass is 32.2. The van der Waals surface area contributed by atoms with Gasteiger partial charge >= 0.3 is 6.18 Å². The lowest BCUT2D eigenvalue weighted by molar-refractivity contribution is -0.137. The maximum absolute atomic E-state index is 13.6. The Hall–Kier alpha value is -5.61. The molecule has 10 heteroatoms. The van der Waals surface area contributed by atoms with Crippen molar-refractivity contribution in [2.45, 2.75) is 36.1 Å². The Bertz CT molecular complexity index is 1960. The van der Waals surface area contributed by atoms with Crippen LogP contribution in [0.4, 0.5) is 24.5 Å².